The van der Waals surface area contributed by atoms with Crippen molar-refractivity contribution in [1.29, 1.82) is 0 Å². The molecule has 0 bridgehead atoms. The van der Waals surface area contributed by atoms with Crippen molar-refractivity contribution in [2.75, 3.05) is 39.8 Å². The Kier molecular flexibility index (Phi) is 6.85. The van der Waals surface area contributed by atoms with Crippen molar-refractivity contribution < 1.29 is 28.3 Å². The van der Waals surface area contributed by atoms with Crippen molar-refractivity contribution in [2.24, 2.45) is 17.3 Å². The Bertz CT molecular complexity index is 917. The lowest BCUT2D eigenvalue weighted by molar-refractivity contribution is -0.153. The molecule has 9 heteroatoms. The molecule has 1 aliphatic carbocycles. The first-order chi connectivity index (χ1) is 15.9. The summed E-state index contributed by atoms with van der Waals surface area (Å²) >= 11 is 0. The zero-order valence-corrected chi connectivity index (χ0v) is 19.0. The molecule has 2 aliphatic heterocycles. The van der Waals surface area contributed by atoms with Crippen molar-refractivity contribution in [2.45, 2.75) is 32.1 Å². The average Bonchev–Trinajstić information content (AvgIpc) is 3.53. The van der Waals surface area contributed by atoms with Crippen LogP contribution in [0.5, 0.6) is 0 Å². The molecule has 1 N–H and O–H groups in total. The van der Waals surface area contributed by atoms with Gasteiger partial charge in [-0.15, -0.1) is 0 Å². The smallest absolute Gasteiger partial charge is 0.309 e. The lowest BCUT2D eigenvalue weighted by atomic mass is 9.77. The maximum absolute atomic E-state index is 13.2. The summed E-state index contributed by atoms with van der Waals surface area (Å²) in [5, 5.41) is 2.60. The molecular weight excluding hydrogens is 426 g/mol. The van der Waals surface area contributed by atoms with Gasteiger partial charge in [-0.3, -0.25) is 19.2 Å². The SMILES string of the molecule is COC(=O)C1CC=CCC1C(=O)N1CCC2(CCN(C(=O)CNC(=O)c3ccco3)CC2)C1. The molecule has 2 unspecified atom stereocenters. The number of allylic oxidation sites excluding steroid dienone is 2. The quantitative estimate of drug-likeness (QED) is 0.532. The molecular formula is C24H31N3O6. The minimum atomic E-state index is -0.417. The number of carbonyl (C=O) groups excluding carboxylic acids is 4. The van der Waals surface area contributed by atoms with E-state index in [1.165, 1.54) is 13.4 Å². The first-order valence-electron chi connectivity index (χ1n) is 11.5. The van der Waals surface area contributed by atoms with E-state index in [1.54, 1.807) is 17.0 Å². The number of furan rings is 1. The lowest BCUT2D eigenvalue weighted by Gasteiger charge is -2.39. The zero-order valence-electron chi connectivity index (χ0n) is 19.0. The molecule has 4 rings (SSSR count). The standard InChI is InChI=1S/C24H31N3O6/c1-32-23(31)18-6-3-2-5-17(18)22(30)27-13-10-24(16-27)8-11-26(12-9-24)20(28)15-25-21(29)19-7-4-14-33-19/h2-4,7,14,17-18H,5-6,8-13,15-16H2,1H3,(H,25,29). The predicted octanol–water partition coefficient (Wildman–Crippen LogP) is 1.61. The maximum atomic E-state index is 13.2. The highest BCUT2D eigenvalue weighted by molar-refractivity contribution is 5.94. The molecule has 0 aromatic carbocycles. The van der Waals surface area contributed by atoms with Crippen LogP contribution in [-0.2, 0) is 19.1 Å². The van der Waals surface area contributed by atoms with Gasteiger partial charge in [0.25, 0.3) is 5.91 Å². The molecule has 2 atom stereocenters. The van der Waals surface area contributed by atoms with Gasteiger partial charge in [-0.2, -0.15) is 0 Å². The Morgan fingerprint density at radius 3 is 2.36 bits per heavy atom. The molecule has 3 amide bonds. The Labute approximate surface area is 193 Å². The Balaban J connectivity index is 1.27. The van der Waals surface area contributed by atoms with Gasteiger partial charge in [0, 0.05) is 26.2 Å². The van der Waals surface area contributed by atoms with E-state index in [0.717, 1.165) is 19.3 Å². The Morgan fingerprint density at radius 2 is 1.73 bits per heavy atom. The van der Waals surface area contributed by atoms with E-state index in [9.17, 15) is 19.2 Å². The summed E-state index contributed by atoms with van der Waals surface area (Å²) < 4.78 is 9.96. The van der Waals surface area contributed by atoms with Crippen molar-refractivity contribution in [3.05, 3.63) is 36.3 Å². The molecule has 9 nitrogen and oxygen atoms in total. The van der Waals surface area contributed by atoms with Crippen molar-refractivity contribution >= 4 is 23.7 Å². The van der Waals surface area contributed by atoms with Crippen LogP contribution >= 0.6 is 0 Å². The molecule has 1 aromatic heterocycles. The molecule has 178 valence electrons. The number of likely N-dealkylation sites (tertiary alicyclic amines) is 2. The fourth-order valence-electron chi connectivity index (χ4n) is 5.26. The van der Waals surface area contributed by atoms with E-state index in [0.29, 0.717) is 39.0 Å². The minimum absolute atomic E-state index is 0.00905. The van der Waals surface area contributed by atoms with Gasteiger partial charge in [0.05, 0.1) is 31.8 Å². The molecule has 1 aromatic rings. The van der Waals surface area contributed by atoms with Crippen molar-refractivity contribution in [3.63, 3.8) is 0 Å². The second kappa shape index (κ2) is 9.80. The number of nitrogens with zero attached hydrogens (tertiary/aromatic N) is 2. The topological polar surface area (TPSA) is 109 Å². The van der Waals surface area contributed by atoms with Gasteiger partial charge in [0.2, 0.25) is 11.8 Å². The van der Waals surface area contributed by atoms with E-state index >= 15 is 0 Å². The number of rotatable bonds is 5. The summed E-state index contributed by atoms with van der Waals surface area (Å²) in [5.74, 6) is -1.42. The molecule has 0 radical (unpaired) electrons. The number of methoxy groups -OCH3 is 1. The zero-order chi connectivity index (χ0) is 23.4. The van der Waals surface area contributed by atoms with E-state index < -0.39 is 11.8 Å². The first kappa shape index (κ1) is 23.1. The van der Waals surface area contributed by atoms with Crippen LogP contribution in [0, 0.1) is 17.3 Å². The number of piperidine rings is 1. The monoisotopic (exact) mass is 457 g/mol. The summed E-state index contributed by atoms with van der Waals surface area (Å²) in [6.07, 6.45) is 8.98. The third-order valence-corrected chi connectivity index (χ3v) is 7.33. The van der Waals surface area contributed by atoms with Gasteiger partial charge in [-0.25, -0.2) is 0 Å². The first-order valence-corrected chi connectivity index (χ1v) is 11.5. The maximum Gasteiger partial charge on any atom is 0.309 e. The molecule has 1 spiro atoms. The number of hydrogen-bond donors (Lipinski definition) is 1. The van der Waals surface area contributed by atoms with Crippen LogP contribution in [-0.4, -0.2) is 73.3 Å². The minimum Gasteiger partial charge on any atom is -0.469 e. The largest absolute Gasteiger partial charge is 0.469 e. The lowest BCUT2D eigenvalue weighted by Crippen LogP contribution is -2.48. The summed E-state index contributed by atoms with van der Waals surface area (Å²) in [6.45, 7) is 2.49. The second-order valence-electron chi connectivity index (χ2n) is 9.23. The van der Waals surface area contributed by atoms with Crippen LogP contribution < -0.4 is 5.32 Å². The molecule has 0 saturated carbocycles. The van der Waals surface area contributed by atoms with Crippen LogP contribution in [0.4, 0.5) is 0 Å². The summed E-state index contributed by atoms with van der Waals surface area (Å²) in [4.78, 5) is 53.6. The van der Waals surface area contributed by atoms with Crippen molar-refractivity contribution in [1.82, 2.24) is 15.1 Å². The third-order valence-electron chi connectivity index (χ3n) is 7.33. The third kappa shape index (κ3) is 4.96. The van der Waals surface area contributed by atoms with Gasteiger partial charge in [-0.1, -0.05) is 12.2 Å². The van der Waals surface area contributed by atoms with Gasteiger partial charge in [0.1, 0.15) is 0 Å². The molecule has 2 fully saturated rings. The second-order valence-corrected chi connectivity index (χ2v) is 9.23. The van der Waals surface area contributed by atoms with Crippen LogP contribution in [0.3, 0.4) is 0 Å². The number of amides is 3. The number of nitrogens with one attached hydrogen (secondary N) is 1. The van der Waals surface area contributed by atoms with Gasteiger partial charge < -0.3 is 24.3 Å². The van der Waals surface area contributed by atoms with Crippen LogP contribution in [0.15, 0.2) is 35.0 Å². The van der Waals surface area contributed by atoms with Crippen LogP contribution in [0.25, 0.3) is 0 Å². The molecule has 3 heterocycles. The van der Waals surface area contributed by atoms with Gasteiger partial charge in [0.15, 0.2) is 5.76 Å². The van der Waals surface area contributed by atoms with E-state index in [4.69, 9.17) is 9.15 Å². The number of esters is 1. The highest BCUT2D eigenvalue weighted by atomic mass is 16.5. The number of ether oxygens (including phenoxy) is 1. The van der Waals surface area contributed by atoms with Crippen LogP contribution in [0.2, 0.25) is 0 Å². The number of carbonyl (C=O) groups is 4. The summed E-state index contributed by atoms with van der Waals surface area (Å²) in [6, 6.07) is 3.17. The molecule has 3 aliphatic rings. The average molecular weight is 458 g/mol. The molecule has 33 heavy (non-hydrogen) atoms. The highest BCUT2D eigenvalue weighted by Crippen LogP contribution is 2.41. The Morgan fingerprint density at radius 1 is 1.06 bits per heavy atom. The fraction of sp³-hybridized carbons (Fsp3) is 0.583. The highest BCUT2D eigenvalue weighted by Gasteiger charge is 2.45. The van der Waals surface area contributed by atoms with E-state index in [2.05, 4.69) is 5.32 Å². The molecule has 2 saturated heterocycles. The van der Waals surface area contributed by atoms with Gasteiger partial charge >= 0.3 is 5.97 Å². The fourth-order valence-corrected chi connectivity index (χ4v) is 5.26. The predicted molar refractivity (Wildman–Crippen MR) is 118 cm³/mol. The summed E-state index contributed by atoms with van der Waals surface area (Å²) in [7, 11) is 1.37. The normalized spacial score (nSPS) is 24.0. The Hall–Kier alpha value is -3.10. The van der Waals surface area contributed by atoms with Crippen molar-refractivity contribution in [3.8, 4) is 0 Å². The van der Waals surface area contributed by atoms with Crippen LogP contribution in [0.1, 0.15) is 42.7 Å². The van der Waals surface area contributed by atoms with E-state index in [-0.39, 0.29) is 41.4 Å². The number of hydrogen-bond acceptors (Lipinski definition) is 6. The van der Waals surface area contributed by atoms with E-state index in [1.807, 2.05) is 17.1 Å². The van der Waals surface area contributed by atoms with Gasteiger partial charge in [-0.05, 0) is 49.7 Å². The summed E-state index contributed by atoms with van der Waals surface area (Å²) in [5.41, 5.74) is 0.00905.